The molecule has 0 atom stereocenters. The number of halogens is 1. The molecule has 1 saturated carbocycles. The van der Waals surface area contributed by atoms with Crippen LogP contribution in [0.25, 0.3) is 0 Å². The molecular weight excluding hydrogens is 408 g/mol. The van der Waals surface area contributed by atoms with Crippen LogP contribution in [0, 0.1) is 5.92 Å². The van der Waals surface area contributed by atoms with E-state index in [-0.39, 0.29) is 5.91 Å². The summed E-state index contributed by atoms with van der Waals surface area (Å²) in [5, 5.41) is 3.84. The minimum absolute atomic E-state index is 0.0697. The lowest BCUT2D eigenvalue weighted by atomic mass is 9.78. The SMILES string of the molecule is CC1CCN(CCOc2ccc(NC(=O)C3(c4ccc(Cl)cc4)CCCC3)cc2)CC1. The Hall–Kier alpha value is -2.04. The number of nitrogens with one attached hydrogen (secondary N) is 1. The molecule has 1 heterocycles. The number of carbonyl (C=O) groups is 1. The Morgan fingerprint density at radius 3 is 2.35 bits per heavy atom. The maximum absolute atomic E-state index is 13.3. The minimum Gasteiger partial charge on any atom is -0.492 e. The molecule has 2 fully saturated rings. The van der Waals surface area contributed by atoms with E-state index in [1.165, 1.54) is 25.9 Å². The molecule has 2 aromatic rings. The van der Waals surface area contributed by atoms with E-state index in [4.69, 9.17) is 16.3 Å². The lowest BCUT2D eigenvalue weighted by molar-refractivity contribution is -0.121. The van der Waals surface area contributed by atoms with Gasteiger partial charge >= 0.3 is 0 Å². The van der Waals surface area contributed by atoms with Crippen molar-refractivity contribution >= 4 is 23.2 Å². The van der Waals surface area contributed by atoms with Gasteiger partial charge in [-0.1, -0.05) is 43.5 Å². The second-order valence-electron chi connectivity index (χ2n) is 9.15. The van der Waals surface area contributed by atoms with Crippen LogP contribution in [-0.4, -0.2) is 37.0 Å². The largest absolute Gasteiger partial charge is 0.492 e. The first kappa shape index (κ1) is 22.2. The molecule has 1 N–H and O–H groups in total. The average Bonchev–Trinajstić information content (AvgIpc) is 3.28. The number of hydrogen-bond donors (Lipinski definition) is 1. The van der Waals surface area contributed by atoms with Crippen LogP contribution in [0.5, 0.6) is 5.75 Å². The van der Waals surface area contributed by atoms with Crippen LogP contribution < -0.4 is 10.1 Å². The number of rotatable bonds is 7. The number of hydrogen-bond acceptors (Lipinski definition) is 3. The number of ether oxygens (including phenoxy) is 1. The molecule has 0 spiro atoms. The number of nitrogens with zero attached hydrogens (tertiary/aromatic N) is 1. The van der Waals surface area contributed by atoms with Gasteiger partial charge in [-0.3, -0.25) is 9.69 Å². The monoisotopic (exact) mass is 440 g/mol. The van der Waals surface area contributed by atoms with Gasteiger partial charge in [0.2, 0.25) is 5.91 Å². The zero-order valence-corrected chi connectivity index (χ0v) is 19.2. The van der Waals surface area contributed by atoms with Gasteiger partial charge in [-0.25, -0.2) is 0 Å². The van der Waals surface area contributed by atoms with Crippen LogP contribution in [0.1, 0.15) is 51.0 Å². The van der Waals surface area contributed by atoms with Crippen LogP contribution in [0.3, 0.4) is 0 Å². The van der Waals surface area contributed by atoms with Crippen molar-refractivity contribution in [2.45, 2.75) is 50.9 Å². The predicted molar refractivity (Wildman–Crippen MR) is 127 cm³/mol. The lowest BCUT2D eigenvalue weighted by Crippen LogP contribution is -2.37. The molecule has 0 unspecified atom stereocenters. The van der Waals surface area contributed by atoms with Gasteiger partial charge in [0.1, 0.15) is 12.4 Å². The number of likely N-dealkylation sites (tertiary alicyclic amines) is 1. The number of anilines is 1. The fraction of sp³-hybridized carbons (Fsp3) is 0.500. The summed E-state index contributed by atoms with van der Waals surface area (Å²) in [4.78, 5) is 15.8. The Balaban J connectivity index is 1.32. The van der Waals surface area contributed by atoms with Gasteiger partial charge in [-0.05, 0) is 86.7 Å². The van der Waals surface area contributed by atoms with Crippen LogP contribution in [0.4, 0.5) is 5.69 Å². The van der Waals surface area contributed by atoms with Gasteiger partial charge in [0, 0.05) is 17.3 Å². The van der Waals surface area contributed by atoms with Gasteiger partial charge in [0.05, 0.1) is 5.41 Å². The summed E-state index contributed by atoms with van der Waals surface area (Å²) >= 11 is 6.06. The summed E-state index contributed by atoms with van der Waals surface area (Å²) < 4.78 is 5.93. The normalized spacial score (nSPS) is 19.3. The molecule has 0 bridgehead atoms. The Labute approximate surface area is 190 Å². The van der Waals surface area contributed by atoms with Crippen LogP contribution in [0.15, 0.2) is 48.5 Å². The third-order valence-electron chi connectivity index (χ3n) is 6.95. The van der Waals surface area contributed by atoms with E-state index >= 15 is 0 Å². The van der Waals surface area contributed by atoms with E-state index in [2.05, 4.69) is 17.1 Å². The molecule has 4 rings (SSSR count). The molecule has 1 aliphatic carbocycles. The first-order chi connectivity index (χ1) is 15.0. The van der Waals surface area contributed by atoms with Gasteiger partial charge in [-0.15, -0.1) is 0 Å². The molecule has 1 saturated heterocycles. The van der Waals surface area contributed by atoms with Crippen LogP contribution >= 0.6 is 11.6 Å². The summed E-state index contributed by atoms with van der Waals surface area (Å²) in [6.07, 6.45) is 6.45. The molecule has 2 aliphatic rings. The number of carbonyl (C=O) groups excluding carboxylic acids is 1. The lowest BCUT2D eigenvalue weighted by Gasteiger charge is -2.30. The molecule has 1 aliphatic heterocycles. The number of piperidine rings is 1. The highest BCUT2D eigenvalue weighted by atomic mass is 35.5. The third-order valence-corrected chi connectivity index (χ3v) is 7.21. The van der Waals surface area contributed by atoms with Crippen molar-refractivity contribution < 1.29 is 9.53 Å². The highest BCUT2D eigenvalue weighted by Crippen LogP contribution is 2.42. The van der Waals surface area contributed by atoms with Crippen molar-refractivity contribution in [1.29, 1.82) is 0 Å². The van der Waals surface area contributed by atoms with Crippen molar-refractivity contribution in [3.63, 3.8) is 0 Å². The van der Waals surface area contributed by atoms with E-state index in [0.717, 1.165) is 55.1 Å². The molecule has 166 valence electrons. The highest BCUT2D eigenvalue weighted by Gasteiger charge is 2.42. The fourth-order valence-corrected chi connectivity index (χ4v) is 4.98. The maximum Gasteiger partial charge on any atom is 0.235 e. The third kappa shape index (κ3) is 5.42. The van der Waals surface area contributed by atoms with Crippen molar-refractivity contribution in [3.8, 4) is 5.75 Å². The first-order valence-corrected chi connectivity index (χ1v) is 12.0. The zero-order valence-electron chi connectivity index (χ0n) is 18.4. The van der Waals surface area contributed by atoms with Gasteiger partial charge in [-0.2, -0.15) is 0 Å². The molecule has 5 heteroatoms. The summed E-state index contributed by atoms with van der Waals surface area (Å²) in [6, 6.07) is 15.5. The molecule has 2 aromatic carbocycles. The predicted octanol–water partition coefficient (Wildman–Crippen LogP) is 5.90. The standard InChI is InChI=1S/C26H33ClN2O2/c1-20-12-16-29(17-13-20)18-19-31-24-10-8-23(9-11-24)28-25(30)26(14-2-3-15-26)21-4-6-22(27)7-5-21/h4-11,20H,2-3,12-19H2,1H3,(H,28,30). The summed E-state index contributed by atoms with van der Waals surface area (Å²) in [6.45, 7) is 6.34. The quantitative estimate of drug-likeness (QED) is 0.582. The summed E-state index contributed by atoms with van der Waals surface area (Å²) in [5.74, 6) is 1.76. The van der Waals surface area contributed by atoms with Crippen LogP contribution in [-0.2, 0) is 10.2 Å². The zero-order chi connectivity index (χ0) is 21.7. The molecule has 0 radical (unpaired) electrons. The molecular formula is C26H33ClN2O2. The number of amides is 1. The first-order valence-electron chi connectivity index (χ1n) is 11.6. The fourth-order valence-electron chi connectivity index (χ4n) is 4.86. The second kappa shape index (κ2) is 10.1. The second-order valence-corrected chi connectivity index (χ2v) is 9.58. The van der Waals surface area contributed by atoms with E-state index in [1.54, 1.807) is 0 Å². The van der Waals surface area contributed by atoms with Gasteiger partial charge in [0.15, 0.2) is 0 Å². The van der Waals surface area contributed by atoms with E-state index in [1.807, 2.05) is 48.5 Å². The van der Waals surface area contributed by atoms with E-state index in [0.29, 0.717) is 11.6 Å². The van der Waals surface area contributed by atoms with E-state index in [9.17, 15) is 4.79 Å². The number of benzene rings is 2. The molecule has 31 heavy (non-hydrogen) atoms. The molecule has 0 aromatic heterocycles. The van der Waals surface area contributed by atoms with Crippen molar-refractivity contribution in [3.05, 3.63) is 59.1 Å². The highest BCUT2D eigenvalue weighted by molar-refractivity contribution is 6.30. The van der Waals surface area contributed by atoms with E-state index < -0.39 is 5.41 Å². The van der Waals surface area contributed by atoms with Crippen LogP contribution in [0.2, 0.25) is 5.02 Å². The maximum atomic E-state index is 13.3. The summed E-state index contributed by atoms with van der Waals surface area (Å²) in [7, 11) is 0. The average molecular weight is 441 g/mol. The smallest absolute Gasteiger partial charge is 0.235 e. The van der Waals surface area contributed by atoms with Crippen molar-refractivity contribution in [2.75, 3.05) is 31.6 Å². The van der Waals surface area contributed by atoms with Gasteiger partial charge < -0.3 is 10.1 Å². The van der Waals surface area contributed by atoms with Crippen molar-refractivity contribution in [2.24, 2.45) is 5.92 Å². The van der Waals surface area contributed by atoms with Gasteiger partial charge in [0.25, 0.3) is 0 Å². The molecule has 4 nitrogen and oxygen atoms in total. The Bertz CT molecular complexity index is 852. The Morgan fingerprint density at radius 2 is 1.71 bits per heavy atom. The Kier molecular flexibility index (Phi) is 7.19. The topological polar surface area (TPSA) is 41.6 Å². The summed E-state index contributed by atoms with van der Waals surface area (Å²) in [5.41, 5.74) is 1.40. The van der Waals surface area contributed by atoms with Crippen molar-refractivity contribution in [1.82, 2.24) is 4.90 Å². The minimum atomic E-state index is -0.467. The Morgan fingerprint density at radius 1 is 1.06 bits per heavy atom. The molecule has 1 amide bonds.